The second-order valence-electron chi connectivity index (χ2n) is 3.18. The van der Waals surface area contributed by atoms with Crippen LogP contribution < -0.4 is 11.1 Å². The molecule has 0 aliphatic heterocycles. The maximum Gasteiger partial charge on any atom is 0.305 e. The summed E-state index contributed by atoms with van der Waals surface area (Å²) >= 11 is 0. The van der Waals surface area contributed by atoms with Gasteiger partial charge in [0.25, 0.3) is 0 Å². The Hall–Kier alpha value is -1.10. The Labute approximate surface area is 83.7 Å². The third kappa shape index (κ3) is 6.42. The predicted octanol–water partition coefficient (Wildman–Crippen LogP) is 0.0948. The molecule has 1 amide bonds. The number of hydrogen-bond acceptors (Lipinski definition) is 3. The summed E-state index contributed by atoms with van der Waals surface area (Å²) < 4.78 is 0. The molecule has 0 spiro atoms. The molecule has 5 nitrogen and oxygen atoms in total. The molecule has 0 aliphatic carbocycles. The number of carbonyl (C=O) groups excluding carboxylic acids is 1. The minimum Gasteiger partial charge on any atom is -0.481 e. The highest BCUT2D eigenvalue weighted by molar-refractivity contribution is 5.81. The van der Waals surface area contributed by atoms with Crippen LogP contribution in [0.4, 0.5) is 0 Å². The van der Waals surface area contributed by atoms with Crippen LogP contribution in [-0.2, 0) is 9.59 Å². The van der Waals surface area contributed by atoms with E-state index in [0.717, 1.165) is 12.8 Å². The molecular weight excluding hydrogens is 184 g/mol. The molecule has 0 rings (SSSR count). The average Bonchev–Trinajstić information content (AvgIpc) is 2.13. The Morgan fingerprint density at radius 1 is 1.50 bits per heavy atom. The first-order valence-corrected chi connectivity index (χ1v) is 4.83. The number of amides is 1. The van der Waals surface area contributed by atoms with Gasteiger partial charge in [-0.05, 0) is 6.42 Å². The van der Waals surface area contributed by atoms with Crippen molar-refractivity contribution in [2.24, 2.45) is 5.73 Å². The minimum atomic E-state index is -0.924. The lowest BCUT2D eigenvalue weighted by atomic mass is 10.1. The summed E-state index contributed by atoms with van der Waals surface area (Å²) in [5.41, 5.74) is 5.56. The molecule has 14 heavy (non-hydrogen) atoms. The summed E-state index contributed by atoms with van der Waals surface area (Å²) in [5, 5.41) is 10.8. The molecule has 0 bridgehead atoms. The molecule has 0 aromatic heterocycles. The molecule has 0 saturated carbocycles. The number of unbranched alkanes of at least 4 members (excludes halogenated alkanes) is 1. The molecule has 1 atom stereocenters. The van der Waals surface area contributed by atoms with E-state index in [9.17, 15) is 9.59 Å². The smallest absolute Gasteiger partial charge is 0.305 e. The van der Waals surface area contributed by atoms with E-state index in [1.54, 1.807) is 0 Å². The molecule has 0 aromatic rings. The van der Waals surface area contributed by atoms with Gasteiger partial charge in [0.15, 0.2) is 0 Å². The number of carboxylic acids is 1. The van der Waals surface area contributed by atoms with Gasteiger partial charge in [-0.15, -0.1) is 0 Å². The monoisotopic (exact) mass is 202 g/mol. The lowest BCUT2D eigenvalue weighted by molar-refractivity contribution is -0.136. The largest absolute Gasteiger partial charge is 0.481 e. The van der Waals surface area contributed by atoms with Crippen molar-refractivity contribution < 1.29 is 14.7 Å². The van der Waals surface area contributed by atoms with E-state index < -0.39 is 12.0 Å². The molecule has 0 aromatic carbocycles. The number of nitrogens with one attached hydrogen (secondary N) is 1. The Morgan fingerprint density at radius 2 is 2.14 bits per heavy atom. The first-order valence-electron chi connectivity index (χ1n) is 4.83. The van der Waals surface area contributed by atoms with Crippen molar-refractivity contribution in [3.63, 3.8) is 0 Å². The van der Waals surface area contributed by atoms with Crippen molar-refractivity contribution in [2.45, 2.75) is 38.6 Å². The second kappa shape index (κ2) is 7.32. The van der Waals surface area contributed by atoms with E-state index in [4.69, 9.17) is 10.8 Å². The lowest BCUT2D eigenvalue weighted by Crippen LogP contribution is -2.41. The zero-order chi connectivity index (χ0) is 11.0. The van der Waals surface area contributed by atoms with Crippen molar-refractivity contribution in [3.8, 4) is 0 Å². The number of carbonyl (C=O) groups is 2. The highest BCUT2D eigenvalue weighted by Gasteiger charge is 2.11. The van der Waals surface area contributed by atoms with Crippen molar-refractivity contribution >= 4 is 11.9 Å². The molecule has 0 unspecified atom stereocenters. The average molecular weight is 202 g/mol. The fourth-order valence-electron chi connectivity index (χ4n) is 0.979. The quantitative estimate of drug-likeness (QED) is 0.545. The lowest BCUT2D eigenvalue weighted by Gasteiger charge is -2.10. The first-order chi connectivity index (χ1) is 6.57. The van der Waals surface area contributed by atoms with Gasteiger partial charge in [0, 0.05) is 6.54 Å². The van der Waals surface area contributed by atoms with Crippen molar-refractivity contribution in [3.05, 3.63) is 0 Å². The standard InChI is InChI=1S/C9H18N2O3/c1-2-3-4-7(10)9(14)11-6-5-8(12)13/h7H,2-6,10H2,1H3,(H,11,14)(H,12,13)/t7-/m0/s1. The third-order valence-corrected chi connectivity index (χ3v) is 1.84. The highest BCUT2D eigenvalue weighted by Crippen LogP contribution is 1.97. The van der Waals surface area contributed by atoms with Crippen LogP contribution in [0, 0.1) is 0 Å². The van der Waals surface area contributed by atoms with E-state index >= 15 is 0 Å². The summed E-state index contributed by atoms with van der Waals surface area (Å²) in [7, 11) is 0. The second-order valence-corrected chi connectivity index (χ2v) is 3.18. The predicted molar refractivity (Wildman–Crippen MR) is 52.8 cm³/mol. The van der Waals surface area contributed by atoms with Gasteiger partial charge < -0.3 is 16.2 Å². The van der Waals surface area contributed by atoms with Crippen molar-refractivity contribution in [1.29, 1.82) is 0 Å². The van der Waals surface area contributed by atoms with Crippen LogP contribution in [-0.4, -0.2) is 29.6 Å². The molecule has 5 heteroatoms. The SMILES string of the molecule is CCCC[C@H](N)C(=O)NCCC(=O)O. The number of carboxylic acid groups (broad SMARTS) is 1. The van der Waals surface area contributed by atoms with Gasteiger partial charge in [0.1, 0.15) is 0 Å². The molecule has 0 heterocycles. The van der Waals surface area contributed by atoms with Crippen molar-refractivity contribution in [1.82, 2.24) is 5.32 Å². The Balaban J connectivity index is 3.56. The van der Waals surface area contributed by atoms with Crippen LogP contribution in [0.5, 0.6) is 0 Å². The van der Waals surface area contributed by atoms with Crippen LogP contribution in [0.15, 0.2) is 0 Å². The Kier molecular flexibility index (Phi) is 6.74. The van der Waals surface area contributed by atoms with Gasteiger partial charge in [-0.3, -0.25) is 9.59 Å². The molecule has 82 valence electrons. The fraction of sp³-hybridized carbons (Fsp3) is 0.778. The molecule has 0 aliphatic rings. The Morgan fingerprint density at radius 3 is 2.64 bits per heavy atom. The van der Waals surface area contributed by atoms with Crippen LogP contribution >= 0.6 is 0 Å². The third-order valence-electron chi connectivity index (χ3n) is 1.84. The molecule has 0 saturated heterocycles. The van der Waals surface area contributed by atoms with Crippen LogP contribution in [0.1, 0.15) is 32.6 Å². The maximum absolute atomic E-state index is 11.2. The van der Waals surface area contributed by atoms with E-state index in [1.807, 2.05) is 6.92 Å². The van der Waals surface area contributed by atoms with Crippen LogP contribution in [0.3, 0.4) is 0 Å². The van der Waals surface area contributed by atoms with Gasteiger partial charge in [0.2, 0.25) is 5.91 Å². The minimum absolute atomic E-state index is 0.0633. The van der Waals surface area contributed by atoms with Gasteiger partial charge in [0.05, 0.1) is 12.5 Å². The number of hydrogen-bond donors (Lipinski definition) is 3. The van der Waals surface area contributed by atoms with Gasteiger partial charge in [-0.1, -0.05) is 19.8 Å². The van der Waals surface area contributed by atoms with E-state index in [-0.39, 0.29) is 18.9 Å². The zero-order valence-electron chi connectivity index (χ0n) is 8.45. The molecular formula is C9H18N2O3. The maximum atomic E-state index is 11.2. The summed E-state index contributed by atoms with van der Waals surface area (Å²) in [5.74, 6) is -1.19. The van der Waals surface area contributed by atoms with Gasteiger partial charge in [-0.2, -0.15) is 0 Å². The Bertz CT molecular complexity index is 194. The van der Waals surface area contributed by atoms with E-state index in [2.05, 4.69) is 5.32 Å². The molecule has 4 N–H and O–H groups in total. The number of aliphatic carboxylic acids is 1. The zero-order valence-corrected chi connectivity index (χ0v) is 8.45. The molecule has 0 fully saturated rings. The highest BCUT2D eigenvalue weighted by atomic mass is 16.4. The fourth-order valence-corrected chi connectivity index (χ4v) is 0.979. The normalized spacial score (nSPS) is 12.1. The topological polar surface area (TPSA) is 92.4 Å². The van der Waals surface area contributed by atoms with Gasteiger partial charge >= 0.3 is 5.97 Å². The van der Waals surface area contributed by atoms with Crippen LogP contribution in [0.25, 0.3) is 0 Å². The summed E-state index contributed by atoms with van der Waals surface area (Å²) in [6, 6.07) is -0.510. The number of nitrogens with two attached hydrogens (primary N) is 1. The number of rotatable bonds is 7. The van der Waals surface area contributed by atoms with E-state index in [0.29, 0.717) is 6.42 Å². The van der Waals surface area contributed by atoms with Gasteiger partial charge in [-0.25, -0.2) is 0 Å². The molecule has 0 radical (unpaired) electrons. The summed E-state index contributed by atoms with van der Waals surface area (Å²) in [4.78, 5) is 21.3. The summed E-state index contributed by atoms with van der Waals surface area (Å²) in [6.45, 7) is 2.17. The van der Waals surface area contributed by atoms with Crippen LogP contribution in [0.2, 0.25) is 0 Å². The first kappa shape index (κ1) is 12.9. The van der Waals surface area contributed by atoms with E-state index in [1.165, 1.54) is 0 Å². The van der Waals surface area contributed by atoms with Crippen molar-refractivity contribution in [2.75, 3.05) is 6.54 Å². The summed E-state index contributed by atoms with van der Waals surface area (Å²) in [6.07, 6.45) is 2.49.